The molecular formula is C15H9Cl3O3. The van der Waals surface area contributed by atoms with E-state index in [0.29, 0.717) is 10.6 Å². The second kappa shape index (κ2) is 6.48. The van der Waals surface area contributed by atoms with Gasteiger partial charge in [0.15, 0.2) is 11.5 Å². The molecule has 0 fully saturated rings. The van der Waals surface area contributed by atoms with Gasteiger partial charge in [0.25, 0.3) is 0 Å². The molecule has 0 aliphatic heterocycles. The van der Waals surface area contributed by atoms with E-state index in [1.807, 2.05) is 0 Å². The lowest BCUT2D eigenvalue weighted by Crippen LogP contribution is -2.05. The van der Waals surface area contributed by atoms with Gasteiger partial charge in [-0.05, 0) is 36.4 Å². The maximum absolute atomic E-state index is 12.4. The number of benzene rings is 2. The second-order valence-electron chi connectivity index (χ2n) is 4.17. The van der Waals surface area contributed by atoms with Crippen molar-refractivity contribution in [2.24, 2.45) is 0 Å². The summed E-state index contributed by atoms with van der Waals surface area (Å²) in [5, 5.41) is 0.586. The molecule has 0 aliphatic rings. The predicted molar refractivity (Wildman–Crippen MR) is 82.7 cm³/mol. The number of carbonyl (C=O) groups excluding carboxylic acids is 2. The van der Waals surface area contributed by atoms with E-state index in [0.717, 1.165) is 0 Å². The number of halogens is 3. The Morgan fingerprint density at radius 1 is 0.905 bits per heavy atom. The number of hydrogen-bond acceptors (Lipinski definition) is 3. The van der Waals surface area contributed by atoms with Crippen molar-refractivity contribution in [2.45, 2.75) is 6.92 Å². The summed E-state index contributed by atoms with van der Waals surface area (Å²) in [6.45, 7) is 1.25. The highest BCUT2D eigenvalue weighted by Gasteiger charge is 2.18. The maximum Gasteiger partial charge on any atom is 0.308 e. The first-order valence-corrected chi connectivity index (χ1v) is 7.00. The Kier molecular flexibility index (Phi) is 4.88. The maximum atomic E-state index is 12.4. The largest absolute Gasteiger partial charge is 0.425 e. The van der Waals surface area contributed by atoms with Crippen LogP contribution in [0, 0.1) is 0 Å². The second-order valence-corrected chi connectivity index (χ2v) is 5.36. The molecule has 0 amide bonds. The van der Waals surface area contributed by atoms with Crippen molar-refractivity contribution in [3.05, 3.63) is 62.6 Å². The molecule has 0 saturated carbocycles. The van der Waals surface area contributed by atoms with Crippen LogP contribution in [0.15, 0.2) is 36.4 Å². The van der Waals surface area contributed by atoms with Gasteiger partial charge in [0.05, 0.1) is 5.02 Å². The lowest BCUT2D eigenvalue weighted by molar-refractivity contribution is -0.131. The predicted octanol–water partition coefficient (Wildman–Crippen LogP) is 4.80. The van der Waals surface area contributed by atoms with Crippen LogP contribution in [0.3, 0.4) is 0 Å². The molecule has 0 spiro atoms. The smallest absolute Gasteiger partial charge is 0.308 e. The van der Waals surface area contributed by atoms with Gasteiger partial charge in [-0.15, -0.1) is 0 Å². The van der Waals surface area contributed by atoms with Crippen LogP contribution in [0.2, 0.25) is 15.1 Å². The van der Waals surface area contributed by atoms with Gasteiger partial charge >= 0.3 is 5.97 Å². The number of ketones is 1. The lowest BCUT2D eigenvalue weighted by atomic mass is 10.0. The van der Waals surface area contributed by atoms with Crippen molar-refractivity contribution in [3.8, 4) is 5.75 Å². The van der Waals surface area contributed by atoms with Crippen LogP contribution in [0.5, 0.6) is 5.75 Å². The molecule has 0 saturated heterocycles. The minimum Gasteiger partial charge on any atom is -0.425 e. The Balaban J connectivity index is 2.40. The van der Waals surface area contributed by atoms with Crippen molar-refractivity contribution in [2.75, 3.05) is 0 Å². The van der Waals surface area contributed by atoms with E-state index < -0.39 is 5.97 Å². The number of rotatable bonds is 3. The fourth-order valence-electron chi connectivity index (χ4n) is 1.70. The Bertz CT molecular complexity index is 709. The summed E-state index contributed by atoms with van der Waals surface area (Å²) in [6, 6.07) is 9.29. The number of ether oxygens (including phenoxy) is 1. The normalized spacial score (nSPS) is 10.3. The fraction of sp³-hybridized carbons (Fsp3) is 0.0667. The molecule has 0 aromatic heterocycles. The fourth-order valence-corrected chi connectivity index (χ4v) is 2.27. The van der Waals surface area contributed by atoms with Gasteiger partial charge in [-0.25, -0.2) is 0 Å². The molecule has 0 N–H and O–H groups in total. The summed E-state index contributed by atoms with van der Waals surface area (Å²) < 4.78 is 4.90. The van der Waals surface area contributed by atoms with Crippen LogP contribution in [0.4, 0.5) is 0 Å². The van der Waals surface area contributed by atoms with Gasteiger partial charge in [-0.1, -0.05) is 34.8 Å². The first kappa shape index (κ1) is 15.8. The van der Waals surface area contributed by atoms with E-state index in [-0.39, 0.29) is 27.1 Å². The third kappa shape index (κ3) is 3.56. The summed E-state index contributed by atoms with van der Waals surface area (Å²) in [6.07, 6.45) is 0. The van der Waals surface area contributed by atoms with Crippen LogP contribution in [0.25, 0.3) is 0 Å². The minimum atomic E-state index is -0.523. The highest BCUT2D eigenvalue weighted by molar-refractivity contribution is 6.45. The molecule has 0 radical (unpaired) electrons. The van der Waals surface area contributed by atoms with Crippen molar-refractivity contribution >= 4 is 46.6 Å². The zero-order valence-electron chi connectivity index (χ0n) is 10.8. The molecule has 0 atom stereocenters. The Labute approximate surface area is 136 Å². The van der Waals surface area contributed by atoms with E-state index >= 15 is 0 Å². The van der Waals surface area contributed by atoms with Crippen LogP contribution in [-0.2, 0) is 4.79 Å². The summed E-state index contributed by atoms with van der Waals surface area (Å²) in [5.41, 5.74) is 0.650. The van der Waals surface area contributed by atoms with Crippen molar-refractivity contribution in [1.29, 1.82) is 0 Å². The molecule has 21 heavy (non-hydrogen) atoms. The molecule has 6 heteroatoms. The monoisotopic (exact) mass is 342 g/mol. The first-order chi connectivity index (χ1) is 9.90. The Hall–Kier alpha value is -1.55. The highest BCUT2D eigenvalue weighted by Crippen LogP contribution is 2.35. The summed E-state index contributed by atoms with van der Waals surface area (Å²) in [5.74, 6) is -0.709. The average molecular weight is 344 g/mol. The summed E-state index contributed by atoms with van der Waals surface area (Å²) in [7, 11) is 0. The van der Waals surface area contributed by atoms with Gasteiger partial charge in [0.1, 0.15) is 5.02 Å². The molecule has 0 aliphatic carbocycles. The average Bonchev–Trinajstić information content (AvgIpc) is 2.44. The van der Waals surface area contributed by atoms with E-state index in [1.165, 1.54) is 19.1 Å². The lowest BCUT2D eigenvalue weighted by Gasteiger charge is -2.09. The van der Waals surface area contributed by atoms with Gasteiger partial charge in [0, 0.05) is 23.1 Å². The third-order valence-corrected chi connectivity index (χ3v) is 3.77. The standard InChI is InChI=1S/C15H9Cl3O3/c1-8(19)21-12-7-6-11(13(17)14(12)18)15(20)9-2-4-10(16)5-3-9/h2-7H,1H3. The third-order valence-electron chi connectivity index (χ3n) is 2.65. The number of esters is 1. The van der Waals surface area contributed by atoms with Crippen LogP contribution >= 0.6 is 34.8 Å². The zero-order chi connectivity index (χ0) is 15.6. The van der Waals surface area contributed by atoms with E-state index in [4.69, 9.17) is 39.5 Å². The molecule has 0 unspecified atom stereocenters. The molecule has 0 bridgehead atoms. The van der Waals surface area contributed by atoms with Crippen LogP contribution in [-0.4, -0.2) is 11.8 Å². The zero-order valence-corrected chi connectivity index (χ0v) is 13.1. The topological polar surface area (TPSA) is 43.4 Å². The molecule has 0 heterocycles. The van der Waals surface area contributed by atoms with Gasteiger partial charge in [-0.3, -0.25) is 9.59 Å². The molecule has 3 nitrogen and oxygen atoms in total. The van der Waals surface area contributed by atoms with Crippen LogP contribution in [0.1, 0.15) is 22.8 Å². The molecular weight excluding hydrogens is 335 g/mol. The molecule has 2 rings (SSSR count). The Morgan fingerprint density at radius 2 is 1.52 bits per heavy atom. The summed E-state index contributed by atoms with van der Waals surface area (Å²) >= 11 is 17.9. The van der Waals surface area contributed by atoms with Crippen molar-refractivity contribution in [3.63, 3.8) is 0 Å². The van der Waals surface area contributed by atoms with Gasteiger partial charge < -0.3 is 4.74 Å². The van der Waals surface area contributed by atoms with E-state index in [1.54, 1.807) is 24.3 Å². The Morgan fingerprint density at radius 3 is 2.10 bits per heavy atom. The van der Waals surface area contributed by atoms with Crippen molar-refractivity contribution < 1.29 is 14.3 Å². The first-order valence-electron chi connectivity index (χ1n) is 5.87. The molecule has 2 aromatic carbocycles. The van der Waals surface area contributed by atoms with E-state index in [2.05, 4.69) is 0 Å². The van der Waals surface area contributed by atoms with E-state index in [9.17, 15) is 9.59 Å². The highest BCUT2D eigenvalue weighted by atomic mass is 35.5. The quantitative estimate of drug-likeness (QED) is 0.456. The SMILES string of the molecule is CC(=O)Oc1ccc(C(=O)c2ccc(Cl)cc2)c(Cl)c1Cl. The van der Waals surface area contributed by atoms with Crippen molar-refractivity contribution in [1.82, 2.24) is 0 Å². The van der Waals surface area contributed by atoms with Crippen LogP contribution < -0.4 is 4.74 Å². The number of hydrogen-bond donors (Lipinski definition) is 0. The summed E-state index contributed by atoms with van der Waals surface area (Å²) in [4.78, 5) is 23.3. The van der Waals surface area contributed by atoms with Gasteiger partial charge in [-0.2, -0.15) is 0 Å². The minimum absolute atomic E-state index is 0.0201. The molecule has 108 valence electrons. The van der Waals surface area contributed by atoms with Gasteiger partial charge in [0.2, 0.25) is 0 Å². The molecule has 2 aromatic rings. The number of carbonyl (C=O) groups is 2.